The number of anilines is 2. The molecule has 0 bridgehead atoms. The molecule has 0 spiro atoms. The van der Waals surface area contributed by atoms with Crippen LogP contribution < -0.4 is 10.2 Å². The molecule has 0 radical (unpaired) electrons. The van der Waals surface area contributed by atoms with Gasteiger partial charge >= 0.3 is 0 Å². The second-order valence-electron chi connectivity index (χ2n) is 7.17. The summed E-state index contributed by atoms with van der Waals surface area (Å²) in [6.07, 6.45) is 3.52. The molecular formula is C20H24N6O2. The topological polar surface area (TPSA) is 85.2 Å². The highest BCUT2D eigenvalue weighted by Gasteiger charge is 2.16. The van der Waals surface area contributed by atoms with E-state index in [2.05, 4.69) is 39.1 Å². The maximum Gasteiger partial charge on any atom is 0.258 e. The van der Waals surface area contributed by atoms with Gasteiger partial charge in [0.05, 0.1) is 42.6 Å². The van der Waals surface area contributed by atoms with Crippen LogP contribution in [0.4, 0.5) is 11.5 Å². The van der Waals surface area contributed by atoms with Crippen molar-refractivity contribution in [3.05, 3.63) is 41.9 Å². The van der Waals surface area contributed by atoms with Gasteiger partial charge in [0, 0.05) is 24.5 Å². The molecule has 4 rings (SSSR count). The van der Waals surface area contributed by atoms with Gasteiger partial charge in [-0.15, -0.1) is 0 Å². The molecule has 4 heterocycles. The molecule has 0 aromatic carbocycles. The van der Waals surface area contributed by atoms with E-state index in [0.717, 1.165) is 43.0 Å². The van der Waals surface area contributed by atoms with Crippen molar-refractivity contribution in [3.8, 4) is 0 Å². The minimum atomic E-state index is -0.226. The Morgan fingerprint density at radius 1 is 1.21 bits per heavy atom. The van der Waals surface area contributed by atoms with Crippen molar-refractivity contribution in [2.75, 3.05) is 36.5 Å². The Morgan fingerprint density at radius 2 is 2.00 bits per heavy atom. The van der Waals surface area contributed by atoms with Crippen LogP contribution in [-0.4, -0.2) is 52.0 Å². The van der Waals surface area contributed by atoms with Crippen molar-refractivity contribution in [1.29, 1.82) is 0 Å². The summed E-state index contributed by atoms with van der Waals surface area (Å²) in [5.74, 6) is 0.287. The number of aryl methyl sites for hydroxylation is 1. The molecule has 0 saturated carbocycles. The van der Waals surface area contributed by atoms with E-state index in [9.17, 15) is 4.79 Å². The van der Waals surface area contributed by atoms with E-state index in [1.807, 2.05) is 29.8 Å². The molecule has 1 N–H and O–H groups in total. The molecule has 1 saturated heterocycles. The monoisotopic (exact) mass is 380 g/mol. The van der Waals surface area contributed by atoms with Gasteiger partial charge in [-0.25, -0.2) is 14.6 Å². The number of rotatable bonds is 4. The predicted molar refractivity (Wildman–Crippen MR) is 108 cm³/mol. The van der Waals surface area contributed by atoms with Gasteiger partial charge in [0.25, 0.3) is 5.91 Å². The molecule has 1 aliphatic rings. The average molecular weight is 380 g/mol. The number of aromatic nitrogens is 4. The SMILES string of the molecule is Cc1nc2c(cnn2C(C)C)cc1C(=O)Nc1ccc(N2CCOCC2)cn1. The van der Waals surface area contributed by atoms with Gasteiger partial charge in [-0.2, -0.15) is 5.10 Å². The van der Waals surface area contributed by atoms with Crippen LogP contribution in [0.2, 0.25) is 0 Å². The molecule has 146 valence electrons. The zero-order valence-corrected chi connectivity index (χ0v) is 16.3. The summed E-state index contributed by atoms with van der Waals surface area (Å²) < 4.78 is 7.23. The Morgan fingerprint density at radius 3 is 2.68 bits per heavy atom. The molecule has 1 amide bonds. The summed E-state index contributed by atoms with van der Waals surface area (Å²) >= 11 is 0. The normalized spacial score (nSPS) is 14.6. The molecule has 8 heteroatoms. The van der Waals surface area contributed by atoms with Crippen LogP contribution in [0.1, 0.15) is 35.9 Å². The first-order chi connectivity index (χ1) is 13.5. The van der Waals surface area contributed by atoms with Gasteiger partial charge in [-0.1, -0.05) is 0 Å². The predicted octanol–water partition coefficient (Wildman–Crippen LogP) is 2.80. The second-order valence-corrected chi connectivity index (χ2v) is 7.17. The minimum Gasteiger partial charge on any atom is -0.378 e. The van der Waals surface area contributed by atoms with Crippen molar-refractivity contribution in [2.24, 2.45) is 0 Å². The third-order valence-corrected chi connectivity index (χ3v) is 4.86. The molecule has 3 aromatic rings. The lowest BCUT2D eigenvalue weighted by Crippen LogP contribution is -2.36. The van der Waals surface area contributed by atoms with Gasteiger partial charge in [0.15, 0.2) is 5.65 Å². The molecule has 1 fully saturated rings. The van der Waals surface area contributed by atoms with Crippen molar-refractivity contribution >= 4 is 28.4 Å². The van der Waals surface area contributed by atoms with Crippen molar-refractivity contribution < 1.29 is 9.53 Å². The fourth-order valence-electron chi connectivity index (χ4n) is 3.33. The van der Waals surface area contributed by atoms with Crippen LogP contribution in [0, 0.1) is 6.92 Å². The molecule has 28 heavy (non-hydrogen) atoms. The second kappa shape index (κ2) is 7.55. The maximum atomic E-state index is 12.8. The fourth-order valence-corrected chi connectivity index (χ4v) is 3.33. The lowest BCUT2D eigenvalue weighted by atomic mass is 10.1. The quantitative estimate of drug-likeness (QED) is 0.749. The van der Waals surface area contributed by atoms with Gasteiger partial charge in [0.2, 0.25) is 0 Å². The number of nitrogens with one attached hydrogen (secondary N) is 1. The molecule has 8 nitrogen and oxygen atoms in total. The Balaban J connectivity index is 1.52. The number of carbonyl (C=O) groups excluding carboxylic acids is 1. The van der Waals surface area contributed by atoms with E-state index in [0.29, 0.717) is 17.1 Å². The van der Waals surface area contributed by atoms with E-state index >= 15 is 0 Å². The van der Waals surface area contributed by atoms with E-state index in [-0.39, 0.29) is 11.9 Å². The van der Waals surface area contributed by atoms with E-state index in [1.165, 1.54) is 0 Å². The van der Waals surface area contributed by atoms with Crippen LogP contribution in [0.25, 0.3) is 11.0 Å². The number of morpholine rings is 1. The number of fused-ring (bicyclic) bond motifs is 1. The number of pyridine rings is 2. The smallest absolute Gasteiger partial charge is 0.258 e. The first-order valence-electron chi connectivity index (χ1n) is 9.48. The molecule has 0 atom stereocenters. The Labute approximate surface area is 163 Å². The summed E-state index contributed by atoms with van der Waals surface area (Å²) in [4.78, 5) is 24.0. The van der Waals surface area contributed by atoms with Crippen LogP contribution in [0.3, 0.4) is 0 Å². The Kier molecular flexibility index (Phi) is 4.95. The van der Waals surface area contributed by atoms with Crippen molar-refractivity contribution in [1.82, 2.24) is 19.7 Å². The van der Waals surface area contributed by atoms with Gasteiger partial charge in [0.1, 0.15) is 5.82 Å². The van der Waals surface area contributed by atoms with Crippen molar-refractivity contribution in [2.45, 2.75) is 26.8 Å². The number of amides is 1. The van der Waals surface area contributed by atoms with E-state index < -0.39 is 0 Å². The summed E-state index contributed by atoms with van der Waals surface area (Å²) in [5.41, 5.74) is 3.01. The van der Waals surface area contributed by atoms with Crippen LogP contribution in [-0.2, 0) is 4.74 Å². The standard InChI is InChI=1S/C20H24N6O2/c1-13(2)26-19-15(11-22-26)10-17(14(3)23-19)20(27)24-18-5-4-16(12-21-18)25-6-8-28-9-7-25/h4-5,10-13H,6-9H2,1-3H3,(H,21,24,27). The van der Waals surface area contributed by atoms with Crippen LogP contribution in [0.5, 0.6) is 0 Å². The van der Waals surface area contributed by atoms with Gasteiger partial charge in [-0.3, -0.25) is 4.79 Å². The molecule has 0 unspecified atom stereocenters. The van der Waals surface area contributed by atoms with E-state index in [1.54, 1.807) is 12.4 Å². The molecule has 1 aliphatic heterocycles. The summed E-state index contributed by atoms with van der Waals surface area (Å²) in [5, 5.41) is 8.08. The lowest BCUT2D eigenvalue weighted by Gasteiger charge is -2.28. The van der Waals surface area contributed by atoms with Crippen LogP contribution >= 0.6 is 0 Å². The third kappa shape index (κ3) is 3.55. The molecule has 0 aliphatic carbocycles. The third-order valence-electron chi connectivity index (χ3n) is 4.86. The zero-order valence-electron chi connectivity index (χ0n) is 16.3. The highest BCUT2D eigenvalue weighted by atomic mass is 16.5. The number of hydrogen-bond acceptors (Lipinski definition) is 6. The first-order valence-corrected chi connectivity index (χ1v) is 9.48. The lowest BCUT2D eigenvalue weighted by molar-refractivity contribution is 0.102. The number of ether oxygens (including phenoxy) is 1. The van der Waals surface area contributed by atoms with Crippen LogP contribution in [0.15, 0.2) is 30.6 Å². The summed E-state index contributed by atoms with van der Waals surface area (Å²) in [6, 6.07) is 5.83. The number of nitrogens with zero attached hydrogens (tertiary/aromatic N) is 5. The minimum absolute atomic E-state index is 0.207. The van der Waals surface area contributed by atoms with Crippen molar-refractivity contribution in [3.63, 3.8) is 0 Å². The first kappa shape index (κ1) is 18.4. The number of hydrogen-bond donors (Lipinski definition) is 1. The summed E-state index contributed by atoms with van der Waals surface area (Å²) in [6.45, 7) is 9.08. The average Bonchev–Trinajstić information content (AvgIpc) is 3.11. The van der Waals surface area contributed by atoms with Gasteiger partial charge in [-0.05, 0) is 39.0 Å². The molecular weight excluding hydrogens is 356 g/mol. The maximum absolute atomic E-state index is 12.8. The largest absolute Gasteiger partial charge is 0.378 e. The fraction of sp³-hybridized carbons (Fsp3) is 0.400. The van der Waals surface area contributed by atoms with E-state index in [4.69, 9.17) is 4.74 Å². The highest BCUT2D eigenvalue weighted by Crippen LogP contribution is 2.21. The highest BCUT2D eigenvalue weighted by molar-refractivity contribution is 6.06. The summed E-state index contributed by atoms with van der Waals surface area (Å²) in [7, 11) is 0. The van der Waals surface area contributed by atoms with Gasteiger partial charge < -0.3 is 15.0 Å². The molecule has 3 aromatic heterocycles. The number of carbonyl (C=O) groups is 1. The Bertz CT molecular complexity index is 990. The zero-order chi connectivity index (χ0) is 19.7. The Hall–Kier alpha value is -3.00.